The van der Waals surface area contributed by atoms with Crippen LogP contribution in [-0.2, 0) is 6.54 Å². The van der Waals surface area contributed by atoms with Crippen molar-refractivity contribution in [3.05, 3.63) is 52.0 Å². The second-order valence-corrected chi connectivity index (χ2v) is 5.83. The predicted molar refractivity (Wildman–Crippen MR) is 86.9 cm³/mol. The molecule has 0 saturated heterocycles. The molecule has 0 amide bonds. The molecule has 0 aliphatic rings. The molecule has 2 aromatic rings. The Balaban J connectivity index is 2.39. The Morgan fingerprint density at radius 1 is 1.35 bits per heavy atom. The lowest BCUT2D eigenvalue weighted by Gasteiger charge is -2.20. The van der Waals surface area contributed by atoms with E-state index >= 15 is 0 Å². The SMILES string of the molecule is CCCn1ccnc1C(NCC)c1ccc(Br)c(C)c1. The summed E-state index contributed by atoms with van der Waals surface area (Å²) < 4.78 is 3.39. The zero-order valence-corrected chi connectivity index (χ0v) is 13.9. The van der Waals surface area contributed by atoms with Crippen molar-refractivity contribution in [2.45, 2.75) is 39.8 Å². The minimum Gasteiger partial charge on any atom is -0.333 e. The van der Waals surface area contributed by atoms with Gasteiger partial charge in [0.1, 0.15) is 5.82 Å². The second kappa shape index (κ2) is 7.04. The molecule has 0 fully saturated rings. The first-order valence-electron chi connectivity index (χ1n) is 7.17. The third kappa shape index (κ3) is 3.30. The third-order valence-corrected chi connectivity index (χ3v) is 4.28. The van der Waals surface area contributed by atoms with Crippen LogP contribution in [0.15, 0.2) is 35.1 Å². The molecule has 1 aromatic heterocycles. The molecule has 108 valence electrons. The number of halogens is 1. The lowest BCUT2D eigenvalue weighted by Crippen LogP contribution is -2.25. The highest BCUT2D eigenvalue weighted by Crippen LogP contribution is 2.25. The number of aromatic nitrogens is 2. The van der Waals surface area contributed by atoms with E-state index in [0.717, 1.165) is 29.8 Å². The van der Waals surface area contributed by atoms with Crippen molar-refractivity contribution in [3.63, 3.8) is 0 Å². The highest BCUT2D eigenvalue weighted by atomic mass is 79.9. The van der Waals surface area contributed by atoms with E-state index in [0.29, 0.717) is 0 Å². The first-order valence-corrected chi connectivity index (χ1v) is 7.97. The molecular formula is C16H22BrN3. The predicted octanol–water partition coefficient (Wildman–Crippen LogP) is 4.06. The van der Waals surface area contributed by atoms with Gasteiger partial charge < -0.3 is 9.88 Å². The topological polar surface area (TPSA) is 29.9 Å². The van der Waals surface area contributed by atoms with Gasteiger partial charge in [-0.15, -0.1) is 0 Å². The summed E-state index contributed by atoms with van der Waals surface area (Å²) in [5.74, 6) is 1.09. The average Bonchev–Trinajstić information content (AvgIpc) is 2.88. The normalized spacial score (nSPS) is 12.6. The van der Waals surface area contributed by atoms with Crippen LogP contribution in [-0.4, -0.2) is 16.1 Å². The third-order valence-electron chi connectivity index (χ3n) is 3.39. The van der Waals surface area contributed by atoms with Gasteiger partial charge in [0.25, 0.3) is 0 Å². The van der Waals surface area contributed by atoms with Crippen molar-refractivity contribution in [1.82, 2.24) is 14.9 Å². The zero-order valence-electron chi connectivity index (χ0n) is 12.4. The first-order chi connectivity index (χ1) is 9.67. The molecule has 0 bridgehead atoms. The van der Waals surface area contributed by atoms with Crippen LogP contribution in [0.5, 0.6) is 0 Å². The van der Waals surface area contributed by atoms with E-state index in [-0.39, 0.29) is 6.04 Å². The van der Waals surface area contributed by atoms with Crippen LogP contribution in [0.3, 0.4) is 0 Å². The fraction of sp³-hybridized carbons (Fsp3) is 0.438. The average molecular weight is 336 g/mol. The molecule has 1 atom stereocenters. The summed E-state index contributed by atoms with van der Waals surface area (Å²) in [6, 6.07) is 6.65. The molecule has 1 unspecified atom stereocenters. The van der Waals surface area contributed by atoms with Crippen LogP contribution in [0.2, 0.25) is 0 Å². The summed E-state index contributed by atoms with van der Waals surface area (Å²) in [6.45, 7) is 8.36. The van der Waals surface area contributed by atoms with E-state index in [1.54, 1.807) is 0 Å². The van der Waals surface area contributed by atoms with Gasteiger partial charge in [-0.2, -0.15) is 0 Å². The van der Waals surface area contributed by atoms with Crippen molar-refractivity contribution < 1.29 is 0 Å². The Labute approximate surface area is 129 Å². The lowest BCUT2D eigenvalue weighted by molar-refractivity contribution is 0.544. The Hall–Kier alpha value is -1.13. The van der Waals surface area contributed by atoms with Gasteiger partial charge in [0, 0.05) is 23.4 Å². The molecule has 0 radical (unpaired) electrons. The number of nitrogens with zero attached hydrogens (tertiary/aromatic N) is 2. The minimum absolute atomic E-state index is 0.147. The molecule has 20 heavy (non-hydrogen) atoms. The number of nitrogens with one attached hydrogen (secondary N) is 1. The Morgan fingerprint density at radius 3 is 2.80 bits per heavy atom. The monoisotopic (exact) mass is 335 g/mol. The fourth-order valence-corrected chi connectivity index (χ4v) is 2.67. The first kappa shape index (κ1) is 15.3. The van der Waals surface area contributed by atoms with Gasteiger partial charge >= 0.3 is 0 Å². The van der Waals surface area contributed by atoms with Crippen LogP contribution >= 0.6 is 15.9 Å². The summed E-state index contributed by atoms with van der Waals surface area (Å²) >= 11 is 3.56. The summed E-state index contributed by atoms with van der Waals surface area (Å²) in [6.07, 6.45) is 5.07. The van der Waals surface area contributed by atoms with Crippen molar-refractivity contribution in [2.24, 2.45) is 0 Å². The van der Waals surface area contributed by atoms with Gasteiger partial charge in [0.15, 0.2) is 0 Å². The van der Waals surface area contributed by atoms with Crippen molar-refractivity contribution >= 4 is 15.9 Å². The minimum atomic E-state index is 0.147. The Morgan fingerprint density at radius 2 is 2.15 bits per heavy atom. The molecule has 0 spiro atoms. The smallest absolute Gasteiger partial charge is 0.130 e. The van der Waals surface area contributed by atoms with Gasteiger partial charge in [-0.25, -0.2) is 4.98 Å². The molecule has 0 saturated carbocycles. The van der Waals surface area contributed by atoms with Gasteiger partial charge in [0.05, 0.1) is 6.04 Å². The molecule has 1 aromatic carbocycles. The number of rotatable bonds is 6. The lowest BCUT2D eigenvalue weighted by atomic mass is 10.0. The number of benzene rings is 1. The van der Waals surface area contributed by atoms with E-state index in [1.165, 1.54) is 11.1 Å². The molecule has 0 aliphatic carbocycles. The van der Waals surface area contributed by atoms with E-state index < -0.39 is 0 Å². The van der Waals surface area contributed by atoms with Crippen molar-refractivity contribution in [2.75, 3.05) is 6.54 Å². The maximum absolute atomic E-state index is 4.57. The molecule has 2 rings (SSSR count). The molecule has 4 heteroatoms. The number of hydrogen-bond donors (Lipinski definition) is 1. The summed E-state index contributed by atoms with van der Waals surface area (Å²) in [7, 11) is 0. The van der Waals surface area contributed by atoms with E-state index in [9.17, 15) is 0 Å². The Kier molecular flexibility index (Phi) is 5.38. The molecule has 1 heterocycles. The van der Waals surface area contributed by atoms with Crippen molar-refractivity contribution in [3.8, 4) is 0 Å². The summed E-state index contributed by atoms with van der Waals surface area (Å²) in [5, 5.41) is 3.55. The zero-order chi connectivity index (χ0) is 14.5. The highest BCUT2D eigenvalue weighted by molar-refractivity contribution is 9.10. The van der Waals surface area contributed by atoms with Crippen LogP contribution in [0.1, 0.15) is 43.3 Å². The molecule has 3 nitrogen and oxygen atoms in total. The fourth-order valence-electron chi connectivity index (χ4n) is 2.42. The molecule has 1 N–H and O–H groups in total. The standard InChI is InChI=1S/C16H22BrN3/c1-4-9-20-10-8-19-16(20)15(18-5-2)13-6-7-14(17)12(3)11-13/h6-8,10-11,15,18H,4-5,9H2,1-3H3. The number of imidazole rings is 1. The maximum Gasteiger partial charge on any atom is 0.130 e. The van der Waals surface area contributed by atoms with E-state index in [4.69, 9.17) is 0 Å². The van der Waals surface area contributed by atoms with Gasteiger partial charge in [-0.3, -0.25) is 0 Å². The van der Waals surface area contributed by atoms with E-state index in [1.807, 2.05) is 6.20 Å². The van der Waals surface area contributed by atoms with Crippen LogP contribution in [0, 0.1) is 6.92 Å². The summed E-state index contributed by atoms with van der Waals surface area (Å²) in [5.41, 5.74) is 2.51. The molecular weight excluding hydrogens is 314 g/mol. The number of hydrogen-bond acceptors (Lipinski definition) is 2. The maximum atomic E-state index is 4.57. The Bertz CT molecular complexity index is 563. The number of aryl methyl sites for hydroxylation is 2. The van der Waals surface area contributed by atoms with Crippen molar-refractivity contribution in [1.29, 1.82) is 0 Å². The largest absolute Gasteiger partial charge is 0.333 e. The second-order valence-electron chi connectivity index (χ2n) is 4.98. The highest BCUT2D eigenvalue weighted by Gasteiger charge is 2.18. The van der Waals surface area contributed by atoms with Gasteiger partial charge in [-0.1, -0.05) is 41.9 Å². The molecule has 0 aliphatic heterocycles. The van der Waals surface area contributed by atoms with Crippen LogP contribution in [0.25, 0.3) is 0 Å². The van der Waals surface area contributed by atoms with Crippen LogP contribution < -0.4 is 5.32 Å². The summed E-state index contributed by atoms with van der Waals surface area (Å²) in [4.78, 5) is 4.57. The van der Waals surface area contributed by atoms with Gasteiger partial charge in [-0.05, 0) is 37.1 Å². The quantitative estimate of drug-likeness (QED) is 0.862. The van der Waals surface area contributed by atoms with Gasteiger partial charge in [0.2, 0.25) is 0 Å². The van der Waals surface area contributed by atoms with E-state index in [2.05, 4.69) is 76.0 Å². The van der Waals surface area contributed by atoms with Crippen LogP contribution in [0.4, 0.5) is 0 Å².